The maximum Gasteiger partial charge on any atom is 0.311 e. The van der Waals surface area contributed by atoms with Crippen molar-refractivity contribution >= 4 is 38.2 Å². The summed E-state index contributed by atoms with van der Waals surface area (Å²) in [5.74, 6) is -0.568. The highest BCUT2D eigenvalue weighted by Crippen LogP contribution is 2.41. The average molecular weight is 617 g/mol. The van der Waals surface area contributed by atoms with Crippen molar-refractivity contribution in [3.63, 3.8) is 0 Å². The summed E-state index contributed by atoms with van der Waals surface area (Å²) >= 11 is 0. The van der Waals surface area contributed by atoms with Crippen LogP contribution in [0, 0.1) is 12.3 Å². The number of ether oxygens (including phenoxy) is 1. The minimum atomic E-state index is -4.56. The van der Waals surface area contributed by atoms with Gasteiger partial charge in [0, 0.05) is 47.7 Å². The molecule has 7 nitrogen and oxygen atoms in total. The molecule has 0 saturated heterocycles. The Morgan fingerprint density at radius 1 is 0.909 bits per heavy atom. The van der Waals surface area contributed by atoms with Crippen molar-refractivity contribution in [2.45, 2.75) is 58.8 Å². The molecular weight excluding hydrogens is 572 g/mol. The first-order valence-corrected chi connectivity index (χ1v) is 16.7. The highest BCUT2D eigenvalue weighted by atomic mass is 32.2. The van der Waals surface area contributed by atoms with Crippen molar-refractivity contribution in [2.75, 3.05) is 36.5 Å². The summed E-state index contributed by atoms with van der Waals surface area (Å²) in [6, 6.07) is 25.4. The van der Waals surface area contributed by atoms with Gasteiger partial charge in [0.05, 0.1) is 5.41 Å². The molecule has 0 fully saturated rings. The molecule has 4 rings (SSSR count). The number of aryl methyl sites for hydroxylation is 1. The van der Waals surface area contributed by atoms with Crippen molar-refractivity contribution in [1.29, 1.82) is 0 Å². The normalized spacial score (nSPS) is 12.6. The summed E-state index contributed by atoms with van der Waals surface area (Å²) < 4.78 is 41.4. The molecule has 8 heteroatoms. The number of fused-ring (bicyclic) bond motifs is 1. The van der Waals surface area contributed by atoms with E-state index in [4.69, 9.17) is 4.74 Å². The molecule has 0 aromatic heterocycles. The Labute approximate surface area is 262 Å². The predicted molar refractivity (Wildman–Crippen MR) is 179 cm³/mol. The second-order valence-electron chi connectivity index (χ2n) is 11.8. The summed E-state index contributed by atoms with van der Waals surface area (Å²) in [4.78, 5) is 14.6. The van der Waals surface area contributed by atoms with Crippen LogP contribution in [0.1, 0.15) is 69.2 Å². The van der Waals surface area contributed by atoms with E-state index in [1.54, 1.807) is 6.07 Å². The van der Waals surface area contributed by atoms with Crippen molar-refractivity contribution in [3.05, 3.63) is 101 Å². The van der Waals surface area contributed by atoms with Gasteiger partial charge >= 0.3 is 5.97 Å². The number of nitrogens with zero attached hydrogens (tertiary/aromatic N) is 1. The summed E-state index contributed by atoms with van der Waals surface area (Å²) in [6.45, 7) is 14.2. The third-order valence-electron chi connectivity index (χ3n) is 8.48. The summed E-state index contributed by atoms with van der Waals surface area (Å²) in [6.07, 6.45) is 0.671. The molecular formula is C36H44N2O5S. The molecule has 0 aliphatic heterocycles. The number of nitrogens with one attached hydrogen (secondary N) is 1. The van der Waals surface area contributed by atoms with Crippen LogP contribution in [0.15, 0.2) is 83.8 Å². The van der Waals surface area contributed by atoms with Crippen LogP contribution in [0.5, 0.6) is 0 Å². The summed E-state index contributed by atoms with van der Waals surface area (Å²) in [7, 11) is -4.56. The van der Waals surface area contributed by atoms with Gasteiger partial charge in [-0.3, -0.25) is 9.35 Å². The zero-order chi connectivity index (χ0) is 32.1. The van der Waals surface area contributed by atoms with Gasteiger partial charge in [0.1, 0.15) is 11.5 Å². The topological polar surface area (TPSA) is 95.9 Å². The van der Waals surface area contributed by atoms with Crippen LogP contribution in [0.4, 0.5) is 11.4 Å². The number of rotatable bonds is 13. The lowest BCUT2D eigenvalue weighted by Crippen LogP contribution is -2.27. The number of hydrogen-bond donors (Lipinski definition) is 2. The third kappa shape index (κ3) is 7.25. The van der Waals surface area contributed by atoms with Crippen molar-refractivity contribution in [3.8, 4) is 0 Å². The van der Waals surface area contributed by atoms with Gasteiger partial charge in [0.25, 0.3) is 10.1 Å². The Bertz CT molecular complexity index is 1690. The van der Waals surface area contributed by atoms with Crippen molar-refractivity contribution < 1.29 is 22.5 Å². The molecule has 0 heterocycles. The van der Waals surface area contributed by atoms with E-state index < -0.39 is 15.5 Å². The number of esters is 1. The Balaban J connectivity index is 1.83. The van der Waals surface area contributed by atoms with Gasteiger partial charge in [0.15, 0.2) is 0 Å². The van der Waals surface area contributed by atoms with Crippen LogP contribution >= 0.6 is 0 Å². The SMILES string of the molecule is CCN(CC)c1ccc(C(c2ccc(C)cc2)c2ccc(NCCOC(=O)C(C)(C)CC)c3cccc(S(=O)(=O)O)c23)cc1. The highest BCUT2D eigenvalue weighted by molar-refractivity contribution is 7.86. The Hall–Kier alpha value is -3.88. The first kappa shape index (κ1) is 33.0. The fourth-order valence-corrected chi connectivity index (χ4v) is 6.19. The van der Waals surface area contributed by atoms with Gasteiger partial charge in [-0.2, -0.15) is 8.42 Å². The maximum absolute atomic E-state index is 12.8. The average Bonchev–Trinajstić information content (AvgIpc) is 3.01. The maximum atomic E-state index is 12.8. The lowest BCUT2D eigenvalue weighted by atomic mass is 9.82. The minimum Gasteiger partial charge on any atom is -0.463 e. The van der Waals surface area contributed by atoms with Crippen LogP contribution in [0.2, 0.25) is 0 Å². The molecule has 0 aliphatic rings. The zero-order valence-corrected chi connectivity index (χ0v) is 27.4. The fraction of sp³-hybridized carbons (Fsp3) is 0.361. The zero-order valence-electron chi connectivity index (χ0n) is 26.6. The van der Waals surface area contributed by atoms with Gasteiger partial charge in [-0.05, 0) is 82.0 Å². The first-order chi connectivity index (χ1) is 20.9. The van der Waals surface area contributed by atoms with Gasteiger partial charge in [-0.1, -0.05) is 67.1 Å². The molecule has 1 atom stereocenters. The van der Waals surface area contributed by atoms with E-state index in [2.05, 4.69) is 72.6 Å². The molecule has 0 spiro atoms. The third-order valence-corrected chi connectivity index (χ3v) is 9.37. The Kier molecular flexibility index (Phi) is 10.4. The molecule has 4 aromatic rings. The highest BCUT2D eigenvalue weighted by Gasteiger charge is 2.27. The molecule has 0 saturated carbocycles. The monoisotopic (exact) mass is 616 g/mol. The number of benzene rings is 4. The minimum absolute atomic E-state index is 0.151. The van der Waals surface area contributed by atoms with Crippen molar-refractivity contribution in [1.82, 2.24) is 0 Å². The molecule has 0 aliphatic carbocycles. The molecule has 1 unspecified atom stereocenters. The number of carbonyl (C=O) groups excluding carboxylic acids is 1. The Morgan fingerprint density at radius 3 is 2.09 bits per heavy atom. The summed E-state index contributed by atoms with van der Waals surface area (Å²) in [5, 5.41) is 4.41. The molecule has 0 radical (unpaired) electrons. The quantitative estimate of drug-likeness (QED) is 0.0684. The Morgan fingerprint density at radius 2 is 1.52 bits per heavy atom. The number of hydrogen-bond acceptors (Lipinski definition) is 6. The van der Waals surface area contributed by atoms with Crippen LogP contribution in [0.3, 0.4) is 0 Å². The molecule has 234 valence electrons. The molecule has 0 bridgehead atoms. The van der Waals surface area contributed by atoms with E-state index in [9.17, 15) is 17.8 Å². The second kappa shape index (κ2) is 13.8. The first-order valence-electron chi connectivity index (χ1n) is 15.3. The van der Waals surface area contributed by atoms with Gasteiger partial charge in [0.2, 0.25) is 0 Å². The lowest BCUT2D eigenvalue weighted by molar-refractivity contribution is -0.153. The van der Waals surface area contributed by atoms with E-state index >= 15 is 0 Å². The summed E-state index contributed by atoms with van der Waals surface area (Å²) in [5.41, 5.74) is 5.12. The fourth-order valence-electron chi connectivity index (χ4n) is 5.46. The lowest BCUT2D eigenvalue weighted by Gasteiger charge is -2.25. The van der Waals surface area contributed by atoms with E-state index in [1.165, 1.54) is 6.07 Å². The van der Waals surface area contributed by atoms with Crippen molar-refractivity contribution in [2.24, 2.45) is 5.41 Å². The molecule has 2 N–H and O–H groups in total. The predicted octanol–water partition coefficient (Wildman–Crippen LogP) is 7.81. The van der Waals surface area contributed by atoms with Gasteiger partial charge < -0.3 is 15.0 Å². The van der Waals surface area contributed by atoms with E-state index in [1.807, 2.05) is 45.9 Å². The molecule has 4 aromatic carbocycles. The molecule has 44 heavy (non-hydrogen) atoms. The van der Waals surface area contributed by atoms with E-state index in [0.29, 0.717) is 29.4 Å². The van der Waals surface area contributed by atoms with Crippen LogP contribution in [-0.4, -0.2) is 45.2 Å². The van der Waals surface area contributed by atoms with E-state index in [-0.39, 0.29) is 23.4 Å². The number of carbonyl (C=O) groups is 1. The van der Waals surface area contributed by atoms with E-state index in [0.717, 1.165) is 41.0 Å². The second-order valence-corrected chi connectivity index (χ2v) is 13.2. The van der Waals surface area contributed by atoms with Crippen LogP contribution in [0.25, 0.3) is 10.8 Å². The van der Waals surface area contributed by atoms with Gasteiger partial charge in [-0.15, -0.1) is 0 Å². The largest absolute Gasteiger partial charge is 0.463 e. The molecule has 0 amide bonds. The number of anilines is 2. The smallest absolute Gasteiger partial charge is 0.311 e. The van der Waals surface area contributed by atoms with Gasteiger partial charge in [-0.25, -0.2) is 0 Å². The van der Waals surface area contributed by atoms with Crippen LogP contribution < -0.4 is 10.2 Å². The van der Waals surface area contributed by atoms with Crippen LogP contribution in [-0.2, 0) is 19.6 Å². The standard InChI is InChI=1S/C36H44N2O5S/c1-7-36(5,6)35(39)43-24-23-37-31-22-21-30(34-29(31)11-10-12-32(34)44(40,41)42)33(26-15-13-25(4)14-16-26)27-17-19-28(20-18-27)38(8-2)9-3/h10-22,33,37H,7-9,23-24H2,1-6H3,(H,40,41,42).